The zero-order valence-corrected chi connectivity index (χ0v) is 12.7. The smallest absolute Gasteiger partial charge is 0.336 e. The highest BCUT2D eigenvalue weighted by Gasteiger charge is 2.22. The number of carboxylic acids is 1. The Labute approximate surface area is 129 Å². The zero-order chi connectivity index (χ0) is 16.1. The van der Waals surface area contributed by atoms with E-state index in [-0.39, 0.29) is 17.0 Å². The molecule has 116 valence electrons. The monoisotopic (exact) mass is 301 g/mol. The first kappa shape index (κ1) is 15.8. The number of amides is 1. The second-order valence-corrected chi connectivity index (χ2v) is 5.03. The maximum Gasteiger partial charge on any atom is 0.336 e. The molecule has 6 nitrogen and oxygen atoms in total. The number of carbonyl (C=O) groups excluding carboxylic acids is 1. The maximum atomic E-state index is 12.7. The van der Waals surface area contributed by atoms with E-state index in [1.54, 1.807) is 29.3 Å². The lowest BCUT2D eigenvalue weighted by Gasteiger charge is -2.22. The Hall–Kier alpha value is -2.63. The first-order chi connectivity index (χ1) is 10.5. The van der Waals surface area contributed by atoms with Crippen molar-refractivity contribution in [2.75, 3.05) is 6.54 Å². The summed E-state index contributed by atoms with van der Waals surface area (Å²) in [5.74, 6) is -0.630. The van der Waals surface area contributed by atoms with Gasteiger partial charge >= 0.3 is 5.97 Å². The van der Waals surface area contributed by atoms with E-state index in [0.717, 1.165) is 12.2 Å². The van der Waals surface area contributed by atoms with Crippen LogP contribution in [-0.4, -0.2) is 38.0 Å². The van der Waals surface area contributed by atoms with Crippen LogP contribution >= 0.6 is 0 Å². The summed E-state index contributed by atoms with van der Waals surface area (Å²) in [6.07, 6.45) is 4.27. The molecule has 1 heterocycles. The molecule has 0 aliphatic heterocycles. The van der Waals surface area contributed by atoms with Crippen LogP contribution in [0.15, 0.2) is 36.7 Å². The normalized spacial score (nSPS) is 10.5. The Morgan fingerprint density at radius 1 is 1.27 bits per heavy atom. The summed E-state index contributed by atoms with van der Waals surface area (Å²) in [7, 11) is 1.86. The average Bonchev–Trinajstić information content (AvgIpc) is 2.91. The Morgan fingerprint density at radius 3 is 2.50 bits per heavy atom. The van der Waals surface area contributed by atoms with Crippen molar-refractivity contribution in [3.05, 3.63) is 53.6 Å². The topological polar surface area (TPSA) is 75.4 Å². The number of aromatic carboxylic acids is 1. The van der Waals surface area contributed by atoms with Crippen molar-refractivity contribution in [2.45, 2.75) is 19.9 Å². The molecule has 2 aromatic rings. The number of hydrogen-bond acceptors (Lipinski definition) is 3. The van der Waals surface area contributed by atoms with Crippen LogP contribution in [0, 0.1) is 0 Å². The van der Waals surface area contributed by atoms with Gasteiger partial charge in [-0.1, -0.05) is 19.1 Å². The molecule has 0 fully saturated rings. The fourth-order valence-corrected chi connectivity index (χ4v) is 2.27. The summed E-state index contributed by atoms with van der Waals surface area (Å²) in [5.41, 5.74) is 0.228. The molecule has 0 bridgehead atoms. The average molecular weight is 301 g/mol. The first-order valence-electron chi connectivity index (χ1n) is 7.12. The van der Waals surface area contributed by atoms with Gasteiger partial charge in [-0.3, -0.25) is 4.79 Å². The van der Waals surface area contributed by atoms with Crippen LogP contribution in [0.25, 0.3) is 0 Å². The summed E-state index contributed by atoms with van der Waals surface area (Å²) in [6, 6.07) is 6.28. The minimum atomic E-state index is -1.10. The molecule has 0 saturated carbocycles. The third-order valence-electron chi connectivity index (χ3n) is 3.42. The Kier molecular flexibility index (Phi) is 4.93. The van der Waals surface area contributed by atoms with Crippen molar-refractivity contribution in [1.29, 1.82) is 0 Å². The summed E-state index contributed by atoms with van der Waals surface area (Å²) in [4.78, 5) is 29.9. The van der Waals surface area contributed by atoms with Gasteiger partial charge in [-0.15, -0.1) is 0 Å². The number of aromatic nitrogens is 2. The van der Waals surface area contributed by atoms with Crippen molar-refractivity contribution in [1.82, 2.24) is 14.5 Å². The van der Waals surface area contributed by atoms with E-state index in [1.807, 2.05) is 24.7 Å². The fraction of sp³-hybridized carbons (Fsp3) is 0.312. The number of aryl methyl sites for hydroxylation is 1. The molecular formula is C16H19N3O3. The molecule has 1 aromatic heterocycles. The Morgan fingerprint density at radius 2 is 1.95 bits per heavy atom. The van der Waals surface area contributed by atoms with Crippen LogP contribution < -0.4 is 0 Å². The molecule has 0 atom stereocenters. The van der Waals surface area contributed by atoms with Crippen LogP contribution in [0.2, 0.25) is 0 Å². The standard InChI is InChI=1S/C16H19N3O3/c1-3-9-19(11-14-17-8-10-18(14)2)15(20)12-6-4-5-7-13(12)16(21)22/h4-8,10H,3,9,11H2,1-2H3,(H,21,22). The van der Waals surface area contributed by atoms with Crippen LogP contribution in [-0.2, 0) is 13.6 Å². The molecule has 0 aliphatic carbocycles. The largest absolute Gasteiger partial charge is 0.478 e. The molecule has 6 heteroatoms. The van der Waals surface area contributed by atoms with Crippen molar-refractivity contribution in [3.63, 3.8) is 0 Å². The number of rotatable bonds is 6. The van der Waals surface area contributed by atoms with E-state index in [1.165, 1.54) is 6.07 Å². The lowest BCUT2D eigenvalue weighted by atomic mass is 10.1. The predicted molar refractivity (Wildman–Crippen MR) is 81.6 cm³/mol. The minimum absolute atomic E-state index is 0.0217. The fourth-order valence-electron chi connectivity index (χ4n) is 2.27. The Bertz CT molecular complexity index is 679. The molecule has 22 heavy (non-hydrogen) atoms. The number of carboxylic acid groups (broad SMARTS) is 1. The van der Waals surface area contributed by atoms with Crippen molar-refractivity contribution in [2.24, 2.45) is 7.05 Å². The summed E-state index contributed by atoms with van der Waals surface area (Å²) in [5, 5.41) is 9.24. The third kappa shape index (κ3) is 3.33. The van der Waals surface area contributed by atoms with Gasteiger partial charge in [0.25, 0.3) is 5.91 Å². The van der Waals surface area contributed by atoms with E-state index in [0.29, 0.717) is 13.1 Å². The number of hydrogen-bond donors (Lipinski definition) is 1. The van der Waals surface area contributed by atoms with Crippen LogP contribution in [0.3, 0.4) is 0 Å². The van der Waals surface area contributed by atoms with Gasteiger partial charge in [-0.2, -0.15) is 0 Å². The highest BCUT2D eigenvalue weighted by molar-refractivity contribution is 6.04. The van der Waals surface area contributed by atoms with Gasteiger partial charge in [-0.25, -0.2) is 9.78 Å². The zero-order valence-electron chi connectivity index (χ0n) is 12.7. The summed E-state index contributed by atoms with van der Waals surface area (Å²) < 4.78 is 1.85. The number of imidazole rings is 1. The lowest BCUT2D eigenvalue weighted by Crippen LogP contribution is -2.33. The van der Waals surface area contributed by atoms with E-state index in [9.17, 15) is 14.7 Å². The number of carbonyl (C=O) groups is 2. The molecular weight excluding hydrogens is 282 g/mol. The second kappa shape index (κ2) is 6.89. The quantitative estimate of drug-likeness (QED) is 0.887. The first-order valence-corrected chi connectivity index (χ1v) is 7.12. The summed E-state index contributed by atoms with van der Waals surface area (Å²) >= 11 is 0. The maximum absolute atomic E-state index is 12.7. The SMILES string of the molecule is CCCN(Cc1nccn1C)C(=O)c1ccccc1C(=O)O. The van der Waals surface area contributed by atoms with Gasteiger partial charge in [0, 0.05) is 26.0 Å². The van der Waals surface area contributed by atoms with E-state index < -0.39 is 5.97 Å². The number of benzene rings is 1. The predicted octanol–water partition coefficient (Wildman–Crippen LogP) is 2.17. The third-order valence-corrected chi connectivity index (χ3v) is 3.42. The van der Waals surface area contributed by atoms with Crippen LogP contribution in [0.5, 0.6) is 0 Å². The molecule has 0 radical (unpaired) electrons. The number of nitrogens with zero attached hydrogens (tertiary/aromatic N) is 3. The van der Waals surface area contributed by atoms with E-state index in [4.69, 9.17) is 0 Å². The lowest BCUT2D eigenvalue weighted by molar-refractivity contribution is 0.0670. The van der Waals surface area contributed by atoms with Crippen LogP contribution in [0.4, 0.5) is 0 Å². The molecule has 1 amide bonds. The van der Waals surface area contributed by atoms with E-state index >= 15 is 0 Å². The van der Waals surface area contributed by atoms with Crippen LogP contribution in [0.1, 0.15) is 39.9 Å². The molecule has 0 aliphatic rings. The van der Waals surface area contributed by atoms with Gasteiger partial charge in [0.1, 0.15) is 5.82 Å². The van der Waals surface area contributed by atoms with Crippen molar-refractivity contribution < 1.29 is 14.7 Å². The Balaban J connectivity index is 2.31. The minimum Gasteiger partial charge on any atom is -0.478 e. The second-order valence-electron chi connectivity index (χ2n) is 5.03. The van der Waals surface area contributed by atoms with Gasteiger partial charge in [0.15, 0.2) is 0 Å². The van der Waals surface area contributed by atoms with Gasteiger partial charge in [-0.05, 0) is 18.6 Å². The van der Waals surface area contributed by atoms with Gasteiger partial charge in [0.2, 0.25) is 0 Å². The van der Waals surface area contributed by atoms with Gasteiger partial charge in [0.05, 0.1) is 17.7 Å². The highest BCUT2D eigenvalue weighted by Crippen LogP contribution is 2.14. The highest BCUT2D eigenvalue weighted by atomic mass is 16.4. The molecule has 0 spiro atoms. The molecule has 0 saturated heterocycles. The molecule has 0 unspecified atom stereocenters. The molecule has 1 N–H and O–H groups in total. The van der Waals surface area contributed by atoms with Crippen molar-refractivity contribution >= 4 is 11.9 Å². The summed E-state index contributed by atoms with van der Waals surface area (Å²) in [6.45, 7) is 2.87. The molecule has 2 rings (SSSR count). The van der Waals surface area contributed by atoms with Crippen molar-refractivity contribution in [3.8, 4) is 0 Å². The van der Waals surface area contributed by atoms with E-state index in [2.05, 4.69) is 4.98 Å². The van der Waals surface area contributed by atoms with Gasteiger partial charge < -0.3 is 14.6 Å². The molecule has 1 aromatic carbocycles.